The monoisotopic (exact) mass is 552 g/mol. The summed E-state index contributed by atoms with van der Waals surface area (Å²) in [6.07, 6.45) is -4.71. The molecule has 0 unspecified atom stereocenters. The van der Waals surface area contributed by atoms with Crippen molar-refractivity contribution in [1.82, 2.24) is 9.97 Å². The van der Waals surface area contributed by atoms with Gasteiger partial charge in [0.2, 0.25) is 0 Å². The number of nitrogens with zero attached hydrogens (tertiary/aromatic N) is 1. The second-order valence-corrected chi connectivity index (χ2v) is 8.33. The number of para-hydroxylation sites is 1. The third-order valence-corrected chi connectivity index (χ3v) is 5.67. The number of nitrogens with one attached hydrogen (secondary N) is 3. The van der Waals surface area contributed by atoms with Crippen molar-refractivity contribution in [3.05, 3.63) is 87.7 Å². The second-order valence-electron chi connectivity index (χ2n) is 7.92. The van der Waals surface area contributed by atoms with E-state index >= 15 is 0 Å². The van der Waals surface area contributed by atoms with Crippen LogP contribution in [0.4, 0.5) is 24.5 Å². The quantitative estimate of drug-likeness (QED) is 0.250. The number of H-pyrrole nitrogens is 1. The highest BCUT2D eigenvalue weighted by molar-refractivity contribution is 6.34. The number of carbonyl (C=O) groups is 2. The Balaban J connectivity index is 0.00000380. The van der Waals surface area contributed by atoms with E-state index in [9.17, 15) is 22.8 Å². The van der Waals surface area contributed by atoms with Gasteiger partial charge >= 0.3 is 6.18 Å². The van der Waals surface area contributed by atoms with Gasteiger partial charge in [0.05, 0.1) is 32.9 Å². The third kappa shape index (κ3) is 6.04. The number of hydrogen-bond acceptors (Lipinski definition) is 4. The minimum absolute atomic E-state index is 0. The Labute approximate surface area is 220 Å². The van der Waals surface area contributed by atoms with E-state index in [2.05, 4.69) is 20.6 Å². The number of imidazole rings is 1. The van der Waals surface area contributed by atoms with Crippen LogP contribution in [0.1, 0.15) is 37.7 Å². The van der Waals surface area contributed by atoms with E-state index in [1.165, 1.54) is 31.4 Å². The first-order valence-corrected chi connectivity index (χ1v) is 11.0. The number of alkyl halides is 3. The highest BCUT2D eigenvalue weighted by Crippen LogP contribution is 2.33. The Hall–Kier alpha value is -3.60. The van der Waals surface area contributed by atoms with Gasteiger partial charge in [-0.05, 0) is 42.8 Å². The van der Waals surface area contributed by atoms with Crippen LogP contribution in [-0.4, -0.2) is 28.9 Å². The number of aromatic amines is 1. The third-order valence-electron chi connectivity index (χ3n) is 5.36. The van der Waals surface area contributed by atoms with Gasteiger partial charge in [-0.25, -0.2) is 4.98 Å². The predicted octanol–water partition coefficient (Wildman–Crippen LogP) is 6.62. The lowest BCUT2D eigenvalue weighted by molar-refractivity contribution is -0.137. The molecule has 4 rings (SSSR count). The maximum atomic E-state index is 13.4. The fraction of sp³-hybridized carbons (Fsp3) is 0.160. The summed E-state index contributed by atoms with van der Waals surface area (Å²) in [6.45, 7) is 1.90. The van der Waals surface area contributed by atoms with Crippen molar-refractivity contribution in [2.24, 2.45) is 0 Å². The number of fused-ring (bicyclic) bond motifs is 1. The molecule has 7 nitrogen and oxygen atoms in total. The highest BCUT2D eigenvalue weighted by atomic mass is 35.5. The van der Waals surface area contributed by atoms with E-state index < -0.39 is 29.1 Å². The summed E-state index contributed by atoms with van der Waals surface area (Å²) in [7, 11) is 1.48. The second kappa shape index (κ2) is 11.2. The van der Waals surface area contributed by atoms with Gasteiger partial charge in [-0.15, -0.1) is 12.4 Å². The van der Waals surface area contributed by atoms with Crippen molar-refractivity contribution < 1.29 is 27.5 Å². The molecular weight excluding hydrogens is 532 g/mol. The largest absolute Gasteiger partial charge is 0.417 e. The lowest BCUT2D eigenvalue weighted by Gasteiger charge is -2.14. The molecule has 1 heterocycles. The van der Waals surface area contributed by atoms with Crippen LogP contribution in [0.5, 0.6) is 0 Å². The van der Waals surface area contributed by atoms with Gasteiger partial charge in [0.1, 0.15) is 17.9 Å². The molecule has 194 valence electrons. The number of aryl methyl sites for hydroxylation is 1. The van der Waals surface area contributed by atoms with Crippen LogP contribution in [-0.2, 0) is 17.5 Å². The topological polar surface area (TPSA) is 96.1 Å². The molecule has 3 aromatic carbocycles. The number of halogens is 5. The molecule has 0 saturated carbocycles. The van der Waals surface area contributed by atoms with Gasteiger partial charge in [-0.2, -0.15) is 13.2 Å². The van der Waals surface area contributed by atoms with E-state index in [-0.39, 0.29) is 35.8 Å². The maximum absolute atomic E-state index is 13.4. The highest BCUT2D eigenvalue weighted by Gasteiger charge is 2.35. The average molecular weight is 553 g/mol. The van der Waals surface area contributed by atoms with E-state index in [1.54, 1.807) is 25.1 Å². The first kappa shape index (κ1) is 28.0. The number of amides is 2. The Kier molecular flexibility index (Phi) is 8.47. The lowest BCUT2D eigenvalue weighted by atomic mass is 10.1. The minimum Gasteiger partial charge on any atom is -0.377 e. The van der Waals surface area contributed by atoms with Crippen molar-refractivity contribution in [2.45, 2.75) is 19.7 Å². The van der Waals surface area contributed by atoms with Gasteiger partial charge in [-0.3, -0.25) is 9.59 Å². The van der Waals surface area contributed by atoms with Crippen molar-refractivity contribution in [1.29, 1.82) is 0 Å². The van der Waals surface area contributed by atoms with E-state index in [4.69, 9.17) is 16.3 Å². The normalized spacial score (nSPS) is 11.2. The van der Waals surface area contributed by atoms with Crippen LogP contribution in [0.15, 0.2) is 54.6 Å². The molecule has 0 aliphatic carbocycles. The van der Waals surface area contributed by atoms with Crippen LogP contribution in [0.3, 0.4) is 0 Å². The molecule has 0 radical (unpaired) electrons. The number of rotatable bonds is 6. The Morgan fingerprint density at radius 3 is 2.41 bits per heavy atom. The number of methoxy groups -OCH3 is 1. The van der Waals surface area contributed by atoms with Gasteiger partial charge in [0.15, 0.2) is 0 Å². The molecule has 12 heteroatoms. The van der Waals surface area contributed by atoms with Gasteiger partial charge < -0.3 is 20.4 Å². The molecule has 1 aromatic heterocycles. The van der Waals surface area contributed by atoms with Crippen molar-refractivity contribution in [3.8, 4) is 0 Å². The Bertz CT molecular complexity index is 1450. The molecule has 0 atom stereocenters. The standard InChI is InChI=1S/C25H20ClF3N4O3.ClH/c1-13-6-5-9-18(26)21(13)33-24(35)16-10-14(11-19-22(16)32-20(31-19)12-36-2)30-23(34)15-7-3-4-8-17(15)25(27,28)29;/h3-11H,12H2,1-2H3,(H,30,34)(H,31,32)(H,33,35);1H. The number of ether oxygens (including phenoxy) is 1. The fourth-order valence-corrected chi connectivity index (χ4v) is 3.99. The van der Waals surface area contributed by atoms with E-state index in [0.29, 0.717) is 22.1 Å². The number of aromatic nitrogens is 2. The van der Waals surface area contributed by atoms with Gasteiger partial charge in [-0.1, -0.05) is 35.9 Å². The Morgan fingerprint density at radius 1 is 1.03 bits per heavy atom. The average Bonchev–Trinajstić information content (AvgIpc) is 3.23. The van der Waals surface area contributed by atoms with E-state index in [0.717, 1.165) is 17.7 Å². The van der Waals surface area contributed by atoms with E-state index in [1.807, 2.05) is 0 Å². The van der Waals surface area contributed by atoms with Crippen LogP contribution >= 0.6 is 24.0 Å². The molecule has 4 aromatic rings. The zero-order valence-corrected chi connectivity index (χ0v) is 21.1. The minimum atomic E-state index is -4.71. The molecular formula is C25H21Cl2F3N4O3. The first-order valence-electron chi connectivity index (χ1n) is 10.6. The smallest absolute Gasteiger partial charge is 0.377 e. The summed E-state index contributed by atoms with van der Waals surface area (Å²) in [5.74, 6) is -1.13. The molecule has 0 saturated heterocycles. The molecule has 0 fully saturated rings. The number of anilines is 2. The summed E-state index contributed by atoms with van der Waals surface area (Å²) in [5.41, 5.74) is 0.346. The number of benzene rings is 3. The van der Waals surface area contributed by atoms with Crippen molar-refractivity contribution in [3.63, 3.8) is 0 Å². The fourth-order valence-electron chi connectivity index (χ4n) is 3.72. The summed E-state index contributed by atoms with van der Waals surface area (Å²) >= 11 is 6.24. The summed E-state index contributed by atoms with van der Waals surface area (Å²) in [5, 5.41) is 5.54. The lowest BCUT2D eigenvalue weighted by Crippen LogP contribution is -2.19. The van der Waals surface area contributed by atoms with Gasteiger partial charge in [0.25, 0.3) is 11.8 Å². The molecule has 0 aliphatic heterocycles. The van der Waals surface area contributed by atoms with Crippen LogP contribution in [0.25, 0.3) is 11.0 Å². The summed E-state index contributed by atoms with van der Waals surface area (Å²) < 4.78 is 45.3. The maximum Gasteiger partial charge on any atom is 0.417 e. The molecule has 37 heavy (non-hydrogen) atoms. The van der Waals surface area contributed by atoms with Crippen molar-refractivity contribution >= 4 is 58.2 Å². The summed E-state index contributed by atoms with van der Waals surface area (Å²) in [4.78, 5) is 33.5. The van der Waals surface area contributed by atoms with Crippen LogP contribution in [0.2, 0.25) is 5.02 Å². The number of hydrogen-bond donors (Lipinski definition) is 3. The zero-order chi connectivity index (χ0) is 26.0. The van der Waals surface area contributed by atoms with Gasteiger partial charge in [0, 0.05) is 12.8 Å². The van der Waals surface area contributed by atoms with Crippen molar-refractivity contribution in [2.75, 3.05) is 17.7 Å². The Morgan fingerprint density at radius 2 is 1.73 bits per heavy atom. The molecule has 0 spiro atoms. The predicted molar refractivity (Wildman–Crippen MR) is 138 cm³/mol. The first-order chi connectivity index (χ1) is 17.1. The molecule has 0 bridgehead atoms. The molecule has 0 aliphatic rings. The number of carbonyl (C=O) groups excluding carboxylic acids is 2. The molecule has 2 amide bonds. The molecule has 3 N–H and O–H groups in total. The van der Waals surface area contributed by atoms with Crippen LogP contribution < -0.4 is 10.6 Å². The van der Waals surface area contributed by atoms with Crippen LogP contribution in [0, 0.1) is 6.92 Å². The summed E-state index contributed by atoms with van der Waals surface area (Å²) in [6, 6.07) is 12.4. The zero-order valence-electron chi connectivity index (χ0n) is 19.5. The SMILES string of the molecule is COCc1nc2c(C(=O)Nc3c(C)cccc3Cl)cc(NC(=O)c3ccccc3C(F)(F)F)cc2[nH]1.Cl.